The summed E-state index contributed by atoms with van der Waals surface area (Å²) >= 11 is 0. The van der Waals surface area contributed by atoms with Gasteiger partial charge >= 0.3 is 7.12 Å². The third-order valence-corrected chi connectivity index (χ3v) is 5.29. The average Bonchev–Trinajstić information content (AvgIpc) is 3.02. The topological polar surface area (TPSA) is 36.3 Å². The molecule has 1 aliphatic carbocycles. The molecule has 2 aliphatic rings. The first-order valence-electron chi connectivity index (χ1n) is 8.22. The van der Waals surface area contributed by atoms with E-state index in [0.29, 0.717) is 6.04 Å². The van der Waals surface area contributed by atoms with Crippen LogP contribution >= 0.6 is 0 Å². The molecule has 3 rings (SSSR count). The van der Waals surface area contributed by atoms with Crippen LogP contribution < -0.4 is 5.46 Å². The average molecular weight is 290 g/mol. The van der Waals surface area contributed by atoms with Crippen LogP contribution in [0.1, 0.15) is 66.3 Å². The molecule has 1 aromatic heterocycles. The fourth-order valence-corrected chi connectivity index (χ4v) is 2.85. The third-order valence-electron chi connectivity index (χ3n) is 5.29. The number of rotatable bonds is 5. The van der Waals surface area contributed by atoms with Gasteiger partial charge in [0.05, 0.1) is 17.2 Å². The summed E-state index contributed by atoms with van der Waals surface area (Å²) in [6.07, 6.45) is 9.17. The Balaban J connectivity index is 1.73. The van der Waals surface area contributed by atoms with E-state index in [0.717, 1.165) is 17.8 Å². The third kappa shape index (κ3) is 2.91. The molecule has 2 heterocycles. The first kappa shape index (κ1) is 15.1. The Morgan fingerprint density at radius 1 is 1.29 bits per heavy atom. The molecule has 0 aromatic carbocycles. The minimum absolute atomic E-state index is 0.294. The molecule has 2 fully saturated rings. The van der Waals surface area contributed by atoms with Crippen LogP contribution in [0, 0.1) is 5.92 Å². The Hall–Kier alpha value is -0.805. The van der Waals surface area contributed by atoms with Crippen molar-refractivity contribution in [1.29, 1.82) is 0 Å². The quantitative estimate of drug-likeness (QED) is 0.782. The second-order valence-electron chi connectivity index (χ2n) is 7.58. The summed E-state index contributed by atoms with van der Waals surface area (Å²) in [5.41, 5.74) is 0.443. The van der Waals surface area contributed by atoms with Gasteiger partial charge in [0, 0.05) is 17.9 Å². The minimum Gasteiger partial charge on any atom is -0.399 e. The van der Waals surface area contributed by atoms with Crippen molar-refractivity contribution in [2.45, 2.75) is 77.5 Å². The molecule has 0 radical (unpaired) electrons. The maximum Gasteiger partial charge on any atom is 0.498 e. The zero-order valence-electron chi connectivity index (χ0n) is 13.9. The molecule has 1 saturated carbocycles. The van der Waals surface area contributed by atoms with E-state index in [1.807, 2.05) is 6.20 Å². The zero-order valence-corrected chi connectivity index (χ0v) is 13.9. The summed E-state index contributed by atoms with van der Waals surface area (Å²) < 4.78 is 14.3. The van der Waals surface area contributed by atoms with Crippen molar-refractivity contribution >= 4 is 12.6 Å². The molecule has 1 atom stereocenters. The molecule has 0 amide bonds. The van der Waals surface area contributed by atoms with Crippen molar-refractivity contribution in [2.75, 3.05) is 0 Å². The van der Waals surface area contributed by atoms with Crippen molar-refractivity contribution in [1.82, 2.24) is 9.78 Å². The Bertz CT molecular complexity index is 492. The number of nitrogens with zero attached hydrogens (tertiary/aromatic N) is 2. The van der Waals surface area contributed by atoms with Crippen LogP contribution in [-0.4, -0.2) is 28.1 Å². The highest BCUT2D eigenvalue weighted by atomic mass is 16.7. The lowest BCUT2D eigenvalue weighted by atomic mass is 9.82. The fraction of sp³-hybridized carbons (Fsp3) is 0.812. The Labute approximate surface area is 128 Å². The van der Waals surface area contributed by atoms with Gasteiger partial charge in [-0.1, -0.05) is 19.8 Å². The van der Waals surface area contributed by atoms with Gasteiger partial charge in [-0.2, -0.15) is 5.10 Å². The van der Waals surface area contributed by atoms with Gasteiger partial charge in [-0.3, -0.25) is 4.68 Å². The lowest BCUT2D eigenvalue weighted by Gasteiger charge is -2.32. The van der Waals surface area contributed by atoms with E-state index in [1.54, 1.807) is 0 Å². The van der Waals surface area contributed by atoms with Gasteiger partial charge in [0.2, 0.25) is 0 Å². The molecule has 4 nitrogen and oxygen atoms in total. The number of hydrogen-bond donors (Lipinski definition) is 0. The largest absolute Gasteiger partial charge is 0.498 e. The maximum absolute atomic E-state index is 6.09. The summed E-state index contributed by atoms with van der Waals surface area (Å²) in [6, 6.07) is 0.508. The van der Waals surface area contributed by atoms with Gasteiger partial charge in [0.1, 0.15) is 0 Å². The molecule has 0 N–H and O–H groups in total. The highest BCUT2D eigenvalue weighted by Gasteiger charge is 2.52. The molecular weight excluding hydrogens is 263 g/mol. The van der Waals surface area contributed by atoms with E-state index in [1.165, 1.54) is 19.3 Å². The molecule has 1 aromatic rings. The molecule has 21 heavy (non-hydrogen) atoms. The van der Waals surface area contributed by atoms with Crippen LogP contribution in [0.25, 0.3) is 0 Å². The van der Waals surface area contributed by atoms with Crippen molar-refractivity contribution < 1.29 is 9.31 Å². The van der Waals surface area contributed by atoms with Crippen LogP contribution in [0.5, 0.6) is 0 Å². The summed E-state index contributed by atoms with van der Waals surface area (Å²) in [6.45, 7) is 10.6. The molecule has 1 aliphatic heterocycles. The molecular formula is C16H27BN2O2. The lowest BCUT2D eigenvalue weighted by molar-refractivity contribution is 0.00578. The van der Waals surface area contributed by atoms with Gasteiger partial charge in [0.25, 0.3) is 0 Å². The molecule has 0 bridgehead atoms. The van der Waals surface area contributed by atoms with Crippen LogP contribution in [0.2, 0.25) is 0 Å². The predicted octanol–water partition coefficient (Wildman–Crippen LogP) is 2.93. The van der Waals surface area contributed by atoms with E-state index >= 15 is 0 Å². The highest BCUT2D eigenvalue weighted by molar-refractivity contribution is 6.61. The normalized spacial score (nSPS) is 25.3. The SMILES string of the molecule is CCC(CC1CC1)n1cc(B2OC(C)(C)C(C)(C)O2)cn1. The molecule has 116 valence electrons. The number of aromatic nitrogens is 2. The van der Waals surface area contributed by atoms with Crippen molar-refractivity contribution in [3.05, 3.63) is 12.4 Å². The summed E-state index contributed by atoms with van der Waals surface area (Å²) in [4.78, 5) is 0. The zero-order chi connectivity index (χ0) is 15.3. The highest BCUT2D eigenvalue weighted by Crippen LogP contribution is 2.38. The summed E-state index contributed by atoms with van der Waals surface area (Å²) in [5.74, 6) is 0.916. The standard InChI is InChI=1S/C16H27BN2O2/c1-6-14(9-12-7-8-12)19-11-13(10-18-19)17-20-15(2,3)16(4,5)21-17/h10-12,14H,6-9H2,1-5H3. The molecule has 1 unspecified atom stereocenters. The van der Waals surface area contributed by atoms with E-state index in [-0.39, 0.29) is 18.3 Å². The Kier molecular flexibility index (Phi) is 3.69. The number of hydrogen-bond acceptors (Lipinski definition) is 3. The van der Waals surface area contributed by atoms with Gasteiger partial charge in [-0.05, 0) is 46.5 Å². The van der Waals surface area contributed by atoms with Crippen molar-refractivity contribution in [3.63, 3.8) is 0 Å². The summed E-state index contributed by atoms with van der Waals surface area (Å²) in [7, 11) is -0.304. The van der Waals surface area contributed by atoms with Crippen LogP contribution in [-0.2, 0) is 9.31 Å². The van der Waals surface area contributed by atoms with E-state index in [9.17, 15) is 0 Å². The van der Waals surface area contributed by atoms with E-state index in [2.05, 4.69) is 50.6 Å². The fourth-order valence-electron chi connectivity index (χ4n) is 2.85. The Morgan fingerprint density at radius 3 is 2.43 bits per heavy atom. The first-order valence-corrected chi connectivity index (χ1v) is 8.22. The van der Waals surface area contributed by atoms with Crippen molar-refractivity contribution in [2.24, 2.45) is 5.92 Å². The summed E-state index contributed by atoms with van der Waals surface area (Å²) in [5, 5.41) is 4.56. The predicted molar refractivity (Wildman–Crippen MR) is 84.6 cm³/mol. The first-order chi connectivity index (χ1) is 9.82. The van der Waals surface area contributed by atoms with Crippen molar-refractivity contribution in [3.8, 4) is 0 Å². The van der Waals surface area contributed by atoms with Gasteiger partial charge in [-0.25, -0.2) is 0 Å². The van der Waals surface area contributed by atoms with Crippen LogP contribution in [0.3, 0.4) is 0 Å². The molecule has 0 spiro atoms. The van der Waals surface area contributed by atoms with E-state index < -0.39 is 0 Å². The van der Waals surface area contributed by atoms with Crippen LogP contribution in [0.4, 0.5) is 0 Å². The van der Waals surface area contributed by atoms with Gasteiger partial charge in [-0.15, -0.1) is 0 Å². The second-order valence-corrected chi connectivity index (χ2v) is 7.58. The molecule has 5 heteroatoms. The second kappa shape index (κ2) is 5.13. The minimum atomic E-state index is -0.304. The Morgan fingerprint density at radius 2 is 1.90 bits per heavy atom. The van der Waals surface area contributed by atoms with Gasteiger partial charge in [0.15, 0.2) is 0 Å². The lowest BCUT2D eigenvalue weighted by Crippen LogP contribution is -2.41. The molecule has 1 saturated heterocycles. The maximum atomic E-state index is 6.09. The van der Waals surface area contributed by atoms with Crippen LogP contribution in [0.15, 0.2) is 12.4 Å². The van der Waals surface area contributed by atoms with Gasteiger partial charge < -0.3 is 9.31 Å². The van der Waals surface area contributed by atoms with E-state index in [4.69, 9.17) is 9.31 Å². The monoisotopic (exact) mass is 290 g/mol. The smallest absolute Gasteiger partial charge is 0.399 e.